The molecule has 0 aliphatic carbocycles. The summed E-state index contributed by atoms with van der Waals surface area (Å²) in [5.74, 6) is 0.0720. The average molecular weight is 413 g/mol. The number of nitrogen functional groups attached to an aromatic ring is 1. The van der Waals surface area contributed by atoms with Crippen LogP contribution in [0.25, 0.3) is 5.52 Å². The van der Waals surface area contributed by atoms with Crippen LogP contribution in [0, 0.1) is 11.3 Å². The van der Waals surface area contributed by atoms with Crippen LogP contribution in [-0.2, 0) is 15.1 Å². The van der Waals surface area contributed by atoms with E-state index in [1.54, 1.807) is 6.07 Å². The number of aromatic nitrogens is 5. The molecule has 1 saturated heterocycles. The van der Waals surface area contributed by atoms with Crippen molar-refractivity contribution in [3.05, 3.63) is 42.7 Å². The minimum absolute atomic E-state index is 0.0845. The molecule has 13 nitrogen and oxygen atoms in total. The molecule has 13 heteroatoms. The van der Waals surface area contributed by atoms with E-state index in [1.165, 1.54) is 35.5 Å². The van der Waals surface area contributed by atoms with Crippen LogP contribution in [0.15, 0.2) is 37.1 Å². The van der Waals surface area contributed by atoms with Gasteiger partial charge in [0, 0.05) is 12.4 Å². The Bertz CT molecular complexity index is 1120. The number of fused-ring (bicyclic) bond motifs is 1. The van der Waals surface area contributed by atoms with Crippen LogP contribution < -0.4 is 10.5 Å². The normalized spacial score (nSPS) is 25.7. The van der Waals surface area contributed by atoms with E-state index in [1.807, 2.05) is 6.07 Å². The molecule has 3 aromatic heterocycles. The topological polar surface area (TPSA) is 191 Å². The van der Waals surface area contributed by atoms with Gasteiger partial charge < -0.3 is 30.2 Å². The van der Waals surface area contributed by atoms with Gasteiger partial charge in [0.15, 0.2) is 5.82 Å². The second-order valence-electron chi connectivity index (χ2n) is 6.31. The van der Waals surface area contributed by atoms with E-state index in [2.05, 4.69) is 20.1 Å². The summed E-state index contributed by atoms with van der Waals surface area (Å²) >= 11 is 0. The summed E-state index contributed by atoms with van der Waals surface area (Å²) in [5, 5.41) is 34.9. The number of hydrogen-bond acceptors (Lipinski definition) is 12. The zero-order valence-corrected chi connectivity index (χ0v) is 15.2. The van der Waals surface area contributed by atoms with Crippen molar-refractivity contribution in [2.75, 3.05) is 12.3 Å². The number of anilines is 1. The number of aliphatic hydroxyl groups is 2. The maximum Gasteiger partial charge on any atom is 0.515 e. The lowest BCUT2D eigenvalue weighted by Gasteiger charge is -2.24. The molecule has 154 valence electrons. The van der Waals surface area contributed by atoms with Crippen LogP contribution in [0.4, 0.5) is 10.6 Å². The van der Waals surface area contributed by atoms with Crippen LogP contribution in [-0.4, -0.2) is 65.9 Å². The van der Waals surface area contributed by atoms with Gasteiger partial charge in [0.2, 0.25) is 11.5 Å². The fraction of sp³-hybridized carbons (Fsp3) is 0.294. The van der Waals surface area contributed by atoms with E-state index in [0.29, 0.717) is 5.52 Å². The molecule has 4 rings (SSSR count). The summed E-state index contributed by atoms with van der Waals surface area (Å²) < 4.78 is 16.7. The monoisotopic (exact) mass is 413 g/mol. The van der Waals surface area contributed by atoms with Gasteiger partial charge in [-0.15, -0.1) is 0 Å². The summed E-state index contributed by atoms with van der Waals surface area (Å²) in [6, 6.07) is 4.91. The smallest absolute Gasteiger partial charge is 0.431 e. The fourth-order valence-electron chi connectivity index (χ4n) is 3.15. The third-order valence-electron chi connectivity index (χ3n) is 4.58. The van der Waals surface area contributed by atoms with Gasteiger partial charge in [-0.3, -0.25) is 4.98 Å². The van der Waals surface area contributed by atoms with Crippen LogP contribution in [0.2, 0.25) is 0 Å². The number of nitrogens with zero attached hydrogens (tertiary/aromatic N) is 6. The largest absolute Gasteiger partial charge is 0.515 e. The van der Waals surface area contributed by atoms with E-state index >= 15 is 0 Å². The molecule has 0 unspecified atom stereocenters. The Morgan fingerprint density at radius 1 is 1.37 bits per heavy atom. The molecule has 1 aliphatic rings. The molecule has 0 saturated carbocycles. The highest BCUT2D eigenvalue weighted by atomic mass is 16.7. The lowest BCUT2D eigenvalue weighted by Crippen LogP contribution is -2.41. The molecule has 1 aliphatic heterocycles. The van der Waals surface area contributed by atoms with Crippen LogP contribution in [0.3, 0.4) is 0 Å². The molecule has 4 N–H and O–H groups in total. The average Bonchev–Trinajstić information content (AvgIpc) is 3.29. The highest BCUT2D eigenvalue weighted by Gasteiger charge is 2.57. The number of ether oxygens (including phenoxy) is 3. The molecule has 4 heterocycles. The van der Waals surface area contributed by atoms with Crippen LogP contribution >= 0.6 is 0 Å². The quantitative estimate of drug-likeness (QED) is 0.450. The van der Waals surface area contributed by atoms with Crippen molar-refractivity contribution in [1.29, 1.82) is 5.26 Å². The van der Waals surface area contributed by atoms with E-state index in [4.69, 9.17) is 19.9 Å². The van der Waals surface area contributed by atoms with E-state index in [9.17, 15) is 20.3 Å². The van der Waals surface area contributed by atoms with Crippen molar-refractivity contribution >= 4 is 17.5 Å². The predicted octanol–water partition coefficient (Wildman–Crippen LogP) is -0.843. The summed E-state index contributed by atoms with van der Waals surface area (Å²) in [5.41, 5.74) is 4.33. The van der Waals surface area contributed by atoms with Gasteiger partial charge in [0.25, 0.3) is 0 Å². The first-order valence-corrected chi connectivity index (χ1v) is 8.61. The first-order valence-electron chi connectivity index (χ1n) is 8.61. The first-order chi connectivity index (χ1) is 14.5. The molecule has 0 aromatic carbocycles. The number of carbonyl (C=O) groups is 1. The van der Waals surface area contributed by atoms with Crippen molar-refractivity contribution in [1.82, 2.24) is 24.6 Å². The lowest BCUT2D eigenvalue weighted by molar-refractivity contribution is -0.0689. The highest BCUT2D eigenvalue weighted by Crippen LogP contribution is 2.40. The Kier molecular flexibility index (Phi) is 4.88. The molecular formula is C17H15N7O6. The minimum atomic E-state index is -1.99. The number of nitriles is 1. The van der Waals surface area contributed by atoms with Gasteiger partial charge in [-0.05, 0) is 12.1 Å². The number of aliphatic hydroxyl groups excluding tert-OH is 2. The van der Waals surface area contributed by atoms with E-state index < -0.39 is 36.7 Å². The number of rotatable bonds is 4. The molecule has 3 aromatic rings. The first kappa shape index (κ1) is 19.5. The maximum absolute atomic E-state index is 11.8. The number of carbonyl (C=O) groups excluding carboxylic acids is 1. The molecule has 30 heavy (non-hydrogen) atoms. The Morgan fingerprint density at radius 2 is 2.20 bits per heavy atom. The van der Waals surface area contributed by atoms with Gasteiger partial charge in [0.1, 0.15) is 42.8 Å². The molecule has 0 radical (unpaired) electrons. The van der Waals surface area contributed by atoms with Gasteiger partial charge in [-0.1, -0.05) is 0 Å². The van der Waals surface area contributed by atoms with Crippen molar-refractivity contribution < 1.29 is 29.2 Å². The fourth-order valence-corrected chi connectivity index (χ4v) is 3.15. The van der Waals surface area contributed by atoms with E-state index in [0.717, 1.165) is 0 Å². The van der Waals surface area contributed by atoms with E-state index in [-0.39, 0.29) is 17.4 Å². The van der Waals surface area contributed by atoms with Crippen molar-refractivity contribution in [3.8, 4) is 11.9 Å². The zero-order valence-electron chi connectivity index (χ0n) is 15.2. The van der Waals surface area contributed by atoms with Gasteiger partial charge in [-0.2, -0.15) is 10.4 Å². The van der Waals surface area contributed by atoms with Crippen molar-refractivity contribution in [2.24, 2.45) is 0 Å². The predicted molar refractivity (Wildman–Crippen MR) is 95.6 cm³/mol. The molecule has 0 spiro atoms. The van der Waals surface area contributed by atoms with Gasteiger partial charge >= 0.3 is 6.16 Å². The Hall–Kier alpha value is -3.86. The van der Waals surface area contributed by atoms with Crippen molar-refractivity contribution in [3.63, 3.8) is 0 Å². The maximum atomic E-state index is 11.8. The van der Waals surface area contributed by atoms with Crippen LogP contribution in [0.1, 0.15) is 5.69 Å². The third kappa shape index (κ3) is 3.14. The Balaban J connectivity index is 1.53. The summed E-state index contributed by atoms with van der Waals surface area (Å²) in [4.78, 5) is 23.2. The van der Waals surface area contributed by atoms with Crippen LogP contribution in [0.5, 0.6) is 5.88 Å². The zero-order chi connectivity index (χ0) is 21.3. The second-order valence-corrected chi connectivity index (χ2v) is 6.31. The van der Waals surface area contributed by atoms with Gasteiger partial charge in [0.05, 0.1) is 11.9 Å². The van der Waals surface area contributed by atoms with Crippen molar-refractivity contribution in [2.45, 2.75) is 23.9 Å². The highest BCUT2D eigenvalue weighted by molar-refractivity contribution is 5.66. The Labute approximate surface area is 168 Å². The lowest BCUT2D eigenvalue weighted by atomic mass is 9.92. The molecule has 4 atom stereocenters. The summed E-state index contributed by atoms with van der Waals surface area (Å²) in [7, 11) is 0. The number of hydrogen-bond donors (Lipinski definition) is 3. The summed E-state index contributed by atoms with van der Waals surface area (Å²) in [6.07, 6.45) is -0.450. The molecule has 0 amide bonds. The number of nitrogens with two attached hydrogens (primary N) is 1. The standard InChI is InChI=1S/C17H15N7O6/c18-7-17(11-2-1-9-15(19)22-8-23-24(9)11)14(26)13(25)10(30-17)6-28-16(27)29-12-5-20-3-4-21-12/h1-5,8,10,13-14,25-26H,6H2,(H2,19,22,23)/t10-,13-,14-,17+/m1/s1. The molecular weight excluding hydrogens is 398 g/mol. The Morgan fingerprint density at radius 3 is 2.93 bits per heavy atom. The molecule has 1 fully saturated rings. The molecule has 0 bridgehead atoms. The third-order valence-corrected chi connectivity index (χ3v) is 4.58. The SMILES string of the molecule is N#C[C@@]1(c2ccc3c(N)ncnn23)O[C@H](COC(=O)Oc2cnccn2)[C@@H](O)[C@H]1O. The summed E-state index contributed by atoms with van der Waals surface area (Å²) in [6.45, 7) is -0.499. The van der Waals surface area contributed by atoms with Gasteiger partial charge in [-0.25, -0.2) is 19.3 Å². The second kappa shape index (κ2) is 7.52. The minimum Gasteiger partial charge on any atom is -0.431 e.